The number of sulfonamides is 1. The van der Waals surface area contributed by atoms with Gasteiger partial charge >= 0.3 is 0 Å². The summed E-state index contributed by atoms with van der Waals surface area (Å²) in [7, 11) is -2.24. The Kier molecular flexibility index (Phi) is 5.02. The van der Waals surface area contributed by atoms with E-state index in [9.17, 15) is 13.2 Å². The highest BCUT2D eigenvalue weighted by molar-refractivity contribution is 7.89. The Labute approximate surface area is 173 Å². The van der Waals surface area contributed by atoms with Crippen LogP contribution in [0.5, 0.6) is 5.75 Å². The Morgan fingerprint density at radius 2 is 2.00 bits per heavy atom. The predicted molar refractivity (Wildman–Crippen MR) is 110 cm³/mol. The smallest absolute Gasteiger partial charge is 0.291 e. The van der Waals surface area contributed by atoms with Crippen LogP contribution in [0, 0.1) is 6.92 Å². The molecule has 3 aromatic rings. The summed E-state index contributed by atoms with van der Waals surface area (Å²) in [6.45, 7) is 1.76. The summed E-state index contributed by atoms with van der Waals surface area (Å²) >= 11 is 6.15. The second-order valence-electron chi connectivity index (χ2n) is 6.88. The highest BCUT2D eigenvalue weighted by atomic mass is 35.5. The van der Waals surface area contributed by atoms with Gasteiger partial charge < -0.3 is 14.5 Å². The van der Waals surface area contributed by atoms with E-state index in [1.807, 2.05) is 6.07 Å². The minimum Gasteiger partial charge on any atom is -0.495 e. The molecule has 29 heavy (non-hydrogen) atoms. The third-order valence-electron chi connectivity index (χ3n) is 4.75. The third-order valence-corrected chi connectivity index (χ3v) is 6.57. The Morgan fingerprint density at radius 1 is 1.24 bits per heavy atom. The van der Waals surface area contributed by atoms with Crippen LogP contribution in [-0.4, -0.2) is 27.5 Å². The molecule has 1 aliphatic carbocycles. The van der Waals surface area contributed by atoms with Crippen molar-refractivity contribution in [3.63, 3.8) is 0 Å². The molecule has 0 radical (unpaired) electrons. The molecule has 2 N–H and O–H groups in total. The van der Waals surface area contributed by atoms with Crippen molar-refractivity contribution >= 4 is 44.2 Å². The van der Waals surface area contributed by atoms with Crippen LogP contribution in [0.15, 0.2) is 45.7 Å². The number of fused-ring (bicyclic) bond motifs is 1. The summed E-state index contributed by atoms with van der Waals surface area (Å²) in [5.74, 6) is -0.104. The molecule has 1 amide bonds. The minimum absolute atomic E-state index is 0.0249. The molecular formula is C20H19ClN2O5S. The first kappa shape index (κ1) is 19.8. The fraction of sp³-hybridized carbons (Fsp3) is 0.250. The van der Waals surface area contributed by atoms with E-state index in [0.29, 0.717) is 21.9 Å². The average Bonchev–Trinajstić information content (AvgIpc) is 3.42. The van der Waals surface area contributed by atoms with Crippen LogP contribution in [0.25, 0.3) is 11.0 Å². The van der Waals surface area contributed by atoms with E-state index >= 15 is 0 Å². The normalized spacial score (nSPS) is 14.2. The summed E-state index contributed by atoms with van der Waals surface area (Å²) in [4.78, 5) is 12.9. The molecule has 1 fully saturated rings. The van der Waals surface area contributed by atoms with Crippen molar-refractivity contribution in [2.45, 2.75) is 30.7 Å². The number of carbonyl (C=O) groups is 1. The number of hydrogen-bond donors (Lipinski definition) is 2. The Bertz CT molecular complexity index is 1220. The van der Waals surface area contributed by atoms with Gasteiger partial charge in [-0.15, -0.1) is 0 Å². The van der Waals surface area contributed by atoms with Crippen molar-refractivity contribution in [3.8, 4) is 5.75 Å². The van der Waals surface area contributed by atoms with E-state index in [2.05, 4.69) is 10.0 Å². The molecule has 0 unspecified atom stereocenters. The van der Waals surface area contributed by atoms with Crippen LogP contribution >= 0.6 is 11.6 Å². The van der Waals surface area contributed by atoms with Crippen molar-refractivity contribution in [2.75, 3.05) is 12.4 Å². The number of hydrogen-bond acceptors (Lipinski definition) is 5. The monoisotopic (exact) mass is 434 g/mol. The van der Waals surface area contributed by atoms with E-state index in [-0.39, 0.29) is 22.4 Å². The molecule has 1 aliphatic rings. The van der Waals surface area contributed by atoms with Crippen LogP contribution in [-0.2, 0) is 10.0 Å². The van der Waals surface area contributed by atoms with Gasteiger partial charge in [-0.1, -0.05) is 23.7 Å². The van der Waals surface area contributed by atoms with E-state index in [4.69, 9.17) is 20.8 Å². The molecule has 0 atom stereocenters. The zero-order valence-electron chi connectivity index (χ0n) is 15.8. The maximum Gasteiger partial charge on any atom is 0.291 e. The van der Waals surface area contributed by atoms with Crippen LogP contribution in [0.3, 0.4) is 0 Å². The van der Waals surface area contributed by atoms with E-state index in [1.54, 1.807) is 19.1 Å². The lowest BCUT2D eigenvalue weighted by Crippen LogP contribution is -2.26. The topological polar surface area (TPSA) is 97.6 Å². The predicted octanol–water partition coefficient (Wildman–Crippen LogP) is 4.10. The van der Waals surface area contributed by atoms with E-state index in [1.165, 1.54) is 25.3 Å². The van der Waals surface area contributed by atoms with Gasteiger partial charge in [-0.05, 0) is 44.0 Å². The number of rotatable bonds is 6. The molecule has 1 saturated carbocycles. The molecular weight excluding hydrogens is 416 g/mol. The lowest BCUT2D eigenvalue weighted by molar-refractivity contribution is 0.0997. The van der Waals surface area contributed by atoms with Gasteiger partial charge in [-0.25, -0.2) is 13.1 Å². The SMILES string of the molecule is COc1ccc(S(=O)(=O)NC2CC2)cc1NC(=O)c1oc2c(Cl)cccc2c1C. The Morgan fingerprint density at radius 3 is 2.66 bits per heavy atom. The van der Waals surface area contributed by atoms with Crippen molar-refractivity contribution in [2.24, 2.45) is 0 Å². The lowest BCUT2D eigenvalue weighted by atomic mass is 10.1. The fourth-order valence-electron chi connectivity index (χ4n) is 3.05. The van der Waals surface area contributed by atoms with Crippen molar-refractivity contribution in [3.05, 3.63) is 52.7 Å². The number of para-hydroxylation sites is 1. The summed E-state index contributed by atoms with van der Waals surface area (Å²) in [5, 5.41) is 3.83. The fourth-order valence-corrected chi connectivity index (χ4v) is 4.59. The number of nitrogens with one attached hydrogen (secondary N) is 2. The summed E-state index contributed by atoms with van der Waals surface area (Å²) in [5.41, 5.74) is 1.29. The Balaban J connectivity index is 1.68. The largest absolute Gasteiger partial charge is 0.495 e. The highest BCUT2D eigenvalue weighted by Crippen LogP contribution is 2.33. The van der Waals surface area contributed by atoms with Crippen LogP contribution in [0.2, 0.25) is 5.02 Å². The summed E-state index contributed by atoms with van der Waals surface area (Å²) in [6.07, 6.45) is 1.65. The standard InChI is InChI=1S/C20H19ClN2O5S/c1-11-14-4-3-5-15(21)19(14)28-18(11)20(24)22-16-10-13(8-9-17(16)27-2)29(25,26)23-12-6-7-12/h3-5,8-10,12,23H,6-7H2,1-2H3,(H,22,24). The van der Waals surface area contributed by atoms with Crippen molar-refractivity contribution in [1.82, 2.24) is 4.72 Å². The second kappa shape index (κ2) is 7.37. The maximum absolute atomic E-state index is 12.9. The number of anilines is 1. The first-order valence-corrected chi connectivity index (χ1v) is 10.9. The number of halogens is 1. The average molecular weight is 435 g/mol. The lowest BCUT2D eigenvalue weighted by Gasteiger charge is -2.12. The van der Waals surface area contributed by atoms with Crippen molar-refractivity contribution in [1.29, 1.82) is 0 Å². The zero-order chi connectivity index (χ0) is 20.8. The number of carbonyl (C=O) groups excluding carboxylic acids is 1. The highest BCUT2D eigenvalue weighted by Gasteiger charge is 2.29. The first-order valence-electron chi connectivity index (χ1n) is 8.99. The summed E-state index contributed by atoms with van der Waals surface area (Å²) in [6, 6.07) is 9.55. The van der Waals surface area contributed by atoms with Gasteiger partial charge in [-0.2, -0.15) is 0 Å². The Hall–Kier alpha value is -2.55. The van der Waals surface area contributed by atoms with Crippen LogP contribution in [0.1, 0.15) is 29.0 Å². The van der Waals surface area contributed by atoms with Gasteiger partial charge in [0.1, 0.15) is 5.75 Å². The molecule has 1 heterocycles. The van der Waals surface area contributed by atoms with Gasteiger partial charge in [0.25, 0.3) is 5.91 Å². The molecule has 152 valence electrons. The van der Waals surface area contributed by atoms with E-state index < -0.39 is 15.9 Å². The van der Waals surface area contributed by atoms with E-state index in [0.717, 1.165) is 18.2 Å². The zero-order valence-corrected chi connectivity index (χ0v) is 17.4. The number of aryl methyl sites for hydroxylation is 1. The van der Waals surface area contributed by atoms with Crippen molar-refractivity contribution < 1.29 is 22.4 Å². The molecule has 7 nitrogen and oxygen atoms in total. The van der Waals surface area contributed by atoms with Gasteiger partial charge in [0, 0.05) is 17.0 Å². The van der Waals surface area contributed by atoms with Gasteiger partial charge in [0.15, 0.2) is 11.3 Å². The van der Waals surface area contributed by atoms with Gasteiger partial charge in [-0.3, -0.25) is 4.79 Å². The number of methoxy groups -OCH3 is 1. The maximum atomic E-state index is 12.9. The number of amides is 1. The third kappa shape index (κ3) is 3.83. The number of benzene rings is 2. The number of furan rings is 1. The molecule has 9 heteroatoms. The molecule has 0 bridgehead atoms. The summed E-state index contributed by atoms with van der Waals surface area (Å²) < 4.78 is 38.6. The quantitative estimate of drug-likeness (QED) is 0.608. The molecule has 1 aromatic heterocycles. The first-order chi connectivity index (χ1) is 13.8. The van der Waals surface area contributed by atoms with Gasteiger partial charge in [0.05, 0.1) is 22.7 Å². The molecule has 0 spiro atoms. The number of ether oxygens (including phenoxy) is 1. The molecule has 4 rings (SSSR count). The van der Waals surface area contributed by atoms with Gasteiger partial charge in [0.2, 0.25) is 10.0 Å². The molecule has 0 aliphatic heterocycles. The molecule has 0 saturated heterocycles. The van der Waals surface area contributed by atoms with Crippen LogP contribution in [0.4, 0.5) is 5.69 Å². The minimum atomic E-state index is -3.68. The molecule has 2 aromatic carbocycles. The van der Waals surface area contributed by atoms with Crippen LogP contribution < -0.4 is 14.8 Å². The second-order valence-corrected chi connectivity index (χ2v) is 9.01.